The number of rotatable bonds is 4. The summed E-state index contributed by atoms with van der Waals surface area (Å²) in [6.07, 6.45) is 0. The van der Waals surface area contributed by atoms with Gasteiger partial charge in [-0.05, 0) is 23.8 Å². The molecule has 110 valence electrons. The molecule has 0 unspecified atom stereocenters. The lowest BCUT2D eigenvalue weighted by Gasteiger charge is -2.20. The Balaban J connectivity index is 2.24. The minimum Gasteiger partial charge on any atom is -0.494 e. The number of methoxy groups -OCH3 is 1. The van der Waals surface area contributed by atoms with Gasteiger partial charge in [0.05, 0.1) is 18.4 Å². The zero-order chi connectivity index (χ0) is 15.4. The molecule has 0 saturated heterocycles. The number of carbonyl (C=O) groups is 1. The molecule has 4 nitrogen and oxygen atoms in total. The molecule has 2 aromatic rings. The van der Waals surface area contributed by atoms with Gasteiger partial charge in [-0.15, -0.1) is 0 Å². The highest BCUT2D eigenvalue weighted by molar-refractivity contribution is 9.10. The maximum absolute atomic E-state index is 12.6. The number of ether oxygens (including phenoxy) is 1. The Morgan fingerprint density at radius 1 is 1.24 bits per heavy atom. The first-order chi connectivity index (χ1) is 10.0. The average molecular weight is 349 g/mol. The Labute approximate surface area is 132 Å². The number of hydrogen-bond acceptors (Lipinski definition) is 3. The fourth-order valence-electron chi connectivity index (χ4n) is 2.11. The van der Waals surface area contributed by atoms with Crippen molar-refractivity contribution in [3.63, 3.8) is 0 Å². The van der Waals surface area contributed by atoms with Crippen LogP contribution in [0, 0.1) is 0 Å². The van der Waals surface area contributed by atoms with Crippen molar-refractivity contribution < 1.29 is 9.53 Å². The third-order valence-corrected chi connectivity index (χ3v) is 3.97. The number of para-hydroxylation sites is 1. The molecule has 2 N–H and O–H groups in total. The van der Waals surface area contributed by atoms with Gasteiger partial charge in [0.15, 0.2) is 5.75 Å². The van der Waals surface area contributed by atoms with E-state index in [1.165, 1.54) is 7.11 Å². The van der Waals surface area contributed by atoms with Gasteiger partial charge in [-0.25, -0.2) is 0 Å². The van der Waals surface area contributed by atoms with Gasteiger partial charge >= 0.3 is 0 Å². The van der Waals surface area contributed by atoms with E-state index in [2.05, 4.69) is 15.9 Å². The fraction of sp³-hybridized carbons (Fsp3) is 0.188. The maximum Gasteiger partial charge on any atom is 0.257 e. The average Bonchev–Trinajstić information content (AvgIpc) is 2.48. The first kappa shape index (κ1) is 15.4. The van der Waals surface area contributed by atoms with E-state index in [0.717, 1.165) is 10.0 Å². The van der Waals surface area contributed by atoms with Crippen LogP contribution in [0.15, 0.2) is 46.9 Å². The molecule has 0 aliphatic rings. The molecule has 0 aliphatic carbocycles. The van der Waals surface area contributed by atoms with Crippen molar-refractivity contribution in [2.75, 3.05) is 19.9 Å². The molecule has 0 saturated carbocycles. The lowest BCUT2D eigenvalue weighted by Crippen LogP contribution is -2.27. The normalized spacial score (nSPS) is 10.2. The topological polar surface area (TPSA) is 55.6 Å². The Kier molecular flexibility index (Phi) is 4.85. The minimum atomic E-state index is -0.130. The number of halogens is 1. The molecular weight excluding hydrogens is 332 g/mol. The van der Waals surface area contributed by atoms with Crippen molar-refractivity contribution >= 4 is 27.5 Å². The summed E-state index contributed by atoms with van der Waals surface area (Å²) in [6, 6.07) is 13.0. The molecule has 0 atom stereocenters. The van der Waals surface area contributed by atoms with Crippen molar-refractivity contribution in [3.8, 4) is 5.75 Å². The van der Waals surface area contributed by atoms with Gasteiger partial charge in [-0.2, -0.15) is 0 Å². The van der Waals surface area contributed by atoms with Gasteiger partial charge in [0.2, 0.25) is 0 Å². The summed E-state index contributed by atoms with van der Waals surface area (Å²) in [7, 11) is 3.26. The number of anilines is 1. The van der Waals surface area contributed by atoms with E-state index in [9.17, 15) is 4.79 Å². The van der Waals surface area contributed by atoms with Crippen LogP contribution in [0.3, 0.4) is 0 Å². The molecule has 2 rings (SSSR count). The van der Waals surface area contributed by atoms with Gasteiger partial charge in [-0.1, -0.05) is 40.2 Å². The largest absolute Gasteiger partial charge is 0.494 e. The van der Waals surface area contributed by atoms with Crippen LogP contribution >= 0.6 is 15.9 Å². The Hall–Kier alpha value is -2.01. The number of benzene rings is 2. The zero-order valence-corrected chi connectivity index (χ0v) is 13.6. The lowest BCUT2D eigenvalue weighted by molar-refractivity contribution is 0.0781. The van der Waals surface area contributed by atoms with Gasteiger partial charge in [-0.3, -0.25) is 4.79 Å². The zero-order valence-electron chi connectivity index (χ0n) is 12.0. The van der Waals surface area contributed by atoms with Crippen LogP contribution in [0.5, 0.6) is 5.75 Å². The smallest absolute Gasteiger partial charge is 0.257 e. The lowest BCUT2D eigenvalue weighted by atomic mass is 10.1. The number of nitrogens with two attached hydrogens (primary N) is 1. The summed E-state index contributed by atoms with van der Waals surface area (Å²) >= 11 is 3.49. The van der Waals surface area contributed by atoms with Crippen LogP contribution in [-0.4, -0.2) is 25.0 Å². The first-order valence-corrected chi connectivity index (χ1v) is 7.25. The van der Waals surface area contributed by atoms with Crippen LogP contribution in [0.2, 0.25) is 0 Å². The summed E-state index contributed by atoms with van der Waals surface area (Å²) in [5.41, 5.74) is 7.80. The van der Waals surface area contributed by atoms with E-state index in [4.69, 9.17) is 10.5 Å². The Morgan fingerprint density at radius 3 is 2.62 bits per heavy atom. The number of amides is 1. The van der Waals surface area contributed by atoms with Crippen molar-refractivity contribution in [2.45, 2.75) is 6.54 Å². The van der Waals surface area contributed by atoms with E-state index in [1.54, 1.807) is 30.1 Å². The summed E-state index contributed by atoms with van der Waals surface area (Å²) in [5.74, 6) is 0.288. The van der Waals surface area contributed by atoms with Crippen molar-refractivity contribution in [3.05, 3.63) is 58.1 Å². The molecule has 2 aromatic carbocycles. The second-order valence-corrected chi connectivity index (χ2v) is 5.54. The van der Waals surface area contributed by atoms with E-state index >= 15 is 0 Å². The second-order valence-electron chi connectivity index (χ2n) is 4.68. The predicted octanol–water partition coefficient (Wildman–Crippen LogP) is 3.31. The highest BCUT2D eigenvalue weighted by Crippen LogP contribution is 2.27. The summed E-state index contributed by atoms with van der Waals surface area (Å²) < 4.78 is 6.22. The van der Waals surface area contributed by atoms with E-state index < -0.39 is 0 Å². The van der Waals surface area contributed by atoms with Crippen molar-refractivity contribution in [1.29, 1.82) is 0 Å². The Morgan fingerprint density at radius 2 is 1.95 bits per heavy atom. The quantitative estimate of drug-likeness (QED) is 0.862. The van der Waals surface area contributed by atoms with E-state index in [-0.39, 0.29) is 5.91 Å². The molecule has 21 heavy (non-hydrogen) atoms. The number of hydrogen-bond donors (Lipinski definition) is 1. The molecule has 0 heterocycles. The summed E-state index contributed by atoms with van der Waals surface area (Å²) in [4.78, 5) is 14.2. The van der Waals surface area contributed by atoms with Crippen molar-refractivity contribution in [2.24, 2.45) is 0 Å². The standard InChI is InChI=1S/C16H17BrN2O2/c1-19(10-11-6-3-4-8-13(11)17)16(20)12-7-5-9-14(18)15(12)21-2/h3-9H,10,18H2,1-2H3. The number of nitrogen functional groups attached to an aromatic ring is 1. The third-order valence-electron chi connectivity index (χ3n) is 3.19. The highest BCUT2D eigenvalue weighted by Gasteiger charge is 2.18. The molecule has 0 radical (unpaired) electrons. The summed E-state index contributed by atoms with van der Waals surface area (Å²) in [6.45, 7) is 0.498. The Bertz CT molecular complexity index is 658. The second kappa shape index (κ2) is 6.63. The fourth-order valence-corrected chi connectivity index (χ4v) is 2.52. The predicted molar refractivity (Wildman–Crippen MR) is 87.3 cm³/mol. The molecule has 1 amide bonds. The van der Waals surface area contributed by atoms with Crippen LogP contribution in [0.4, 0.5) is 5.69 Å². The van der Waals surface area contributed by atoms with Crippen LogP contribution in [0.1, 0.15) is 15.9 Å². The van der Waals surface area contributed by atoms with Crippen LogP contribution in [-0.2, 0) is 6.54 Å². The van der Waals surface area contributed by atoms with Gasteiger partial charge in [0, 0.05) is 18.1 Å². The van der Waals surface area contributed by atoms with E-state index in [0.29, 0.717) is 23.5 Å². The van der Waals surface area contributed by atoms with Crippen LogP contribution in [0.25, 0.3) is 0 Å². The highest BCUT2D eigenvalue weighted by atomic mass is 79.9. The monoisotopic (exact) mass is 348 g/mol. The molecule has 0 bridgehead atoms. The molecule has 5 heteroatoms. The van der Waals surface area contributed by atoms with Gasteiger partial charge in [0.1, 0.15) is 0 Å². The minimum absolute atomic E-state index is 0.130. The van der Waals surface area contributed by atoms with Gasteiger partial charge < -0.3 is 15.4 Å². The van der Waals surface area contributed by atoms with E-state index in [1.807, 2.05) is 24.3 Å². The van der Waals surface area contributed by atoms with Gasteiger partial charge in [0.25, 0.3) is 5.91 Å². The van der Waals surface area contributed by atoms with Crippen LogP contribution < -0.4 is 10.5 Å². The third kappa shape index (κ3) is 3.36. The summed E-state index contributed by atoms with van der Waals surface area (Å²) in [5, 5.41) is 0. The van der Waals surface area contributed by atoms with Crippen molar-refractivity contribution in [1.82, 2.24) is 4.90 Å². The first-order valence-electron chi connectivity index (χ1n) is 6.46. The SMILES string of the molecule is COc1c(N)cccc1C(=O)N(C)Cc1ccccc1Br. The molecule has 0 aromatic heterocycles. The maximum atomic E-state index is 12.6. The number of nitrogens with zero attached hydrogens (tertiary/aromatic N) is 1. The molecular formula is C16H17BrN2O2. The molecule has 0 fully saturated rings. The number of carbonyl (C=O) groups excluding carboxylic acids is 1. The molecule has 0 aliphatic heterocycles. The molecule has 0 spiro atoms.